The van der Waals surface area contributed by atoms with Crippen molar-refractivity contribution in [1.82, 2.24) is 15.1 Å². The van der Waals surface area contributed by atoms with Crippen molar-refractivity contribution in [2.45, 2.75) is 38.3 Å². The third-order valence-corrected chi connectivity index (χ3v) is 4.29. The van der Waals surface area contributed by atoms with Crippen molar-refractivity contribution in [3.8, 4) is 0 Å². The van der Waals surface area contributed by atoms with Gasteiger partial charge in [-0.3, -0.25) is 14.5 Å². The number of nitrogens with one attached hydrogen (secondary N) is 1. The number of halogens is 1. The van der Waals surface area contributed by atoms with Gasteiger partial charge in [-0.2, -0.15) is 0 Å². The van der Waals surface area contributed by atoms with Crippen molar-refractivity contribution in [2.75, 3.05) is 45.9 Å². The molecule has 2 unspecified atom stereocenters. The van der Waals surface area contributed by atoms with Gasteiger partial charge in [-0.25, -0.2) is 0 Å². The lowest BCUT2D eigenvalue weighted by molar-refractivity contribution is -0.128. The lowest BCUT2D eigenvalue weighted by atomic mass is 10.1. The summed E-state index contributed by atoms with van der Waals surface area (Å²) in [7, 11) is 0. The van der Waals surface area contributed by atoms with E-state index in [-0.39, 0.29) is 30.3 Å². The van der Waals surface area contributed by atoms with E-state index in [4.69, 9.17) is 10.5 Å². The summed E-state index contributed by atoms with van der Waals surface area (Å²) in [5.41, 5.74) is 5.80. The van der Waals surface area contributed by atoms with E-state index in [0.29, 0.717) is 25.9 Å². The van der Waals surface area contributed by atoms with Gasteiger partial charge in [-0.1, -0.05) is 13.3 Å². The highest BCUT2D eigenvalue weighted by Gasteiger charge is 2.31. The molecule has 134 valence electrons. The van der Waals surface area contributed by atoms with Crippen LogP contribution in [0.25, 0.3) is 0 Å². The summed E-state index contributed by atoms with van der Waals surface area (Å²) in [6, 6.07) is -0.574. The fourth-order valence-corrected chi connectivity index (χ4v) is 2.92. The van der Waals surface area contributed by atoms with Gasteiger partial charge in [0, 0.05) is 39.1 Å². The zero-order valence-electron chi connectivity index (χ0n) is 13.8. The van der Waals surface area contributed by atoms with Crippen LogP contribution < -0.4 is 11.1 Å². The Balaban J connectivity index is 0.00000264. The Morgan fingerprint density at radius 1 is 1.39 bits per heavy atom. The van der Waals surface area contributed by atoms with Crippen LogP contribution in [0.15, 0.2) is 0 Å². The highest BCUT2D eigenvalue weighted by molar-refractivity contribution is 5.85. The van der Waals surface area contributed by atoms with E-state index in [0.717, 1.165) is 39.3 Å². The molecule has 3 N–H and O–H groups in total. The molecule has 8 heteroatoms. The van der Waals surface area contributed by atoms with Crippen molar-refractivity contribution < 1.29 is 14.3 Å². The summed E-state index contributed by atoms with van der Waals surface area (Å²) >= 11 is 0. The van der Waals surface area contributed by atoms with Crippen LogP contribution in [-0.2, 0) is 14.3 Å². The standard InChI is InChI=1S/C15H28N4O3.ClH/c1-2-3-13(16)15(21)17-12-10-14(20)19(11-12)5-4-18-6-8-22-9-7-18;/h12-13H,2-11,16H2,1H3,(H,17,21);1H. The lowest BCUT2D eigenvalue weighted by Crippen LogP contribution is -2.46. The maximum atomic E-state index is 12.0. The maximum absolute atomic E-state index is 12.0. The average Bonchev–Trinajstić information content (AvgIpc) is 2.86. The fraction of sp³-hybridized carbons (Fsp3) is 0.867. The van der Waals surface area contributed by atoms with Gasteiger partial charge < -0.3 is 20.7 Å². The molecule has 2 aliphatic heterocycles. The Labute approximate surface area is 144 Å². The summed E-state index contributed by atoms with van der Waals surface area (Å²) in [4.78, 5) is 28.1. The van der Waals surface area contributed by atoms with Gasteiger partial charge in [-0.15, -0.1) is 12.4 Å². The Morgan fingerprint density at radius 3 is 2.74 bits per heavy atom. The number of nitrogens with zero attached hydrogens (tertiary/aromatic N) is 2. The number of nitrogens with two attached hydrogens (primary N) is 1. The van der Waals surface area contributed by atoms with E-state index < -0.39 is 6.04 Å². The molecule has 2 rings (SSSR count). The van der Waals surface area contributed by atoms with E-state index in [1.165, 1.54) is 0 Å². The first-order valence-corrected chi connectivity index (χ1v) is 8.24. The first-order valence-electron chi connectivity index (χ1n) is 8.24. The van der Waals surface area contributed by atoms with E-state index in [1.54, 1.807) is 0 Å². The van der Waals surface area contributed by atoms with Crippen molar-refractivity contribution >= 4 is 24.2 Å². The monoisotopic (exact) mass is 348 g/mol. The van der Waals surface area contributed by atoms with Crippen LogP contribution in [0.2, 0.25) is 0 Å². The Hall–Kier alpha value is -0.890. The van der Waals surface area contributed by atoms with Gasteiger partial charge >= 0.3 is 0 Å². The molecule has 2 fully saturated rings. The summed E-state index contributed by atoms with van der Waals surface area (Å²) in [5, 5.41) is 2.90. The molecule has 0 spiro atoms. The van der Waals surface area contributed by atoms with Crippen molar-refractivity contribution in [1.29, 1.82) is 0 Å². The smallest absolute Gasteiger partial charge is 0.237 e. The zero-order valence-corrected chi connectivity index (χ0v) is 14.6. The minimum absolute atomic E-state index is 0. The normalized spacial score (nSPS) is 23.5. The lowest BCUT2D eigenvalue weighted by Gasteiger charge is -2.28. The molecule has 2 amide bonds. The van der Waals surface area contributed by atoms with Crippen LogP contribution >= 0.6 is 12.4 Å². The van der Waals surface area contributed by atoms with Gasteiger partial charge in [-0.05, 0) is 6.42 Å². The van der Waals surface area contributed by atoms with Gasteiger partial charge in [0.1, 0.15) is 0 Å². The number of carbonyl (C=O) groups is 2. The summed E-state index contributed by atoms with van der Waals surface area (Å²) in [6.07, 6.45) is 1.94. The predicted molar refractivity (Wildman–Crippen MR) is 90.5 cm³/mol. The molecule has 2 heterocycles. The van der Waals surface area contributed by atoms with Crippen LogP contribution in [0, 0.1) is 0 Å². The number of rotatable bonds is 7. The summed E-state index contributed by atoms with van der Waals surface area (Å²) in [6.45, 7) is 7.55. The second-order valence-corrected chi connectivity index (χ2v) is 6.10. The number of hydrogen-bond donors (Lipinski definition) is 2. The van der Waals surface area contributed by atoms with Crippen LogP contribution in [-0.4, -0.2) is 79.6 Å². The van der Waals surface area contributed by atoms with Crippen LogP contribution in [0.3, 0.4) is 0 Å². The predicted octanol–water partition coefficient (Wildman–Crippen LogP) is -0.415. The molecule has 23 heavy (non-hydrogen) atoms. The number of amides is 2. The number of ether oxygens (including phenoxy) is 1. The van der Waals surface area contributed by atoms with Crippen molar-refractivity contribution in [3.63, 3.8) is 0 Å². The third-order valence-electron chi connectivity index (χ3n) is 4.29. The molecule has 0 bridgehead atoms. The van der Waals surface area contributed by atoms with Crippen molar-refractivity contribution in [3.05, 3.63) is 0 Å². The van der Waals surface area contributed by atoms with Gasteiger partial charge in [0.2, 0.25) is 11.8 Å². The van der Waals surface area contributed by atoms with E-state index >= 15 is 0 Å². The first kappa shape index (κ1) is 20.2. The Morgan fingerprint density at radius 2 is 2.09 bits per heavy atom. The van der Waals surface area contributed by atoms with E-state index in [1.807, 2.05) is 11.8 Å². The Bertz CT molecular complexity index is 391. The maximum Gasteiger partial charge on any atom is 0.237 e. The Kier molecular flexibility index (Phi) is 8.83. The SMILES string of the molecule is CCCC(N)C(=O)NC1CC(=O)N(CCN2CCOCC2)C1.Cl. The molecule has 0 aromatic carbocycles. The molecule has 2 aliphatic rings. The largest absolute Gasteiger partial charge is 0.379 e. The number of carbonyl (C=O) groups excluding carboxylic acids is 2. The second-order valence-electron chi connectivity index (χ2n) is 6.10. The van der Waals surface area contributed by atoms with Crippen LogP contribution in [0.4, 0.5) is 0 Å². The van der Waals surface area contributed by atoms with Gasteiger partial charge in [0.05, 0.1) is 25.3 Å². The molecule has 0 aliphatic carbocycles. The molecule has 0 radical (unpaired) electrons. The third kappa shape index (κ3) is 6.25. The van der Waals surface area contributed by atoms with E-state index in [9.17, 15) is 9.59 Å². The molecule has 7 nitrogen and oxygen atoms in total. The van der Waals surface area contributed by atoms with Crippen LogP contribution in [0.1, 0.15) is 26.2 Å². The number of morpholine rings is 1. The summed E-state index contributed by atoms with van der Waals surface area (Å²) < 4.78 is 5.31. The van der Waals surface area contributed by atoms with Crippen LogP contribution in [0.5, 0.6) is 0 Å². The van der Waals surface area contributed by atoms with Gasteiger partial charge in [0.15, 0.2) is 0 Å². The second kappa shape index (κ2) is 10.1. The molecule has 0 saturated carbocycles. The quantitative estimate of drug-likeness (QED) is 0.652. The zero-order chi connectivity index (χ0) is 15.9. The fourth-order valence-electron chi connectivity index (χ4n) is 2.92. The number of hydrogen-bond acceptors (Lipinski definition) is 5. The first-order chi connectivity index (χ1) is 10.6. The molecule has 2 saturated heterocycles. The topological polar surface area (TPSA) is 87.9 Å². The molecular formula is C15H29ClN4O3. The molecule has 2 atom stereocenters. The highest BCUT2D eigenvalue weighted by atomic mass is 35.5. The summed E-state index contributed by atoms with van der Waals surface area (Å²) in [5.74, 6) is -0.0303. The van der Waals surface area contributed by atoms with E-state index in [2.05, 4.69) is 10.2 Å². The molecular weight excluding hydrogens is 320 g/mol. The average molecular weight is 349 g/mol. The highest BCUT2D eigenvalue weighted by Crippen LogP contribution is 2.11. The van der Waals surface area contributed by atoms with Crippen molar-refractivity contribution in [2.24, 2.45) is 5.73 Å². The minimum Gasteiger partial charge on any atom is -0.379 e. The molecule has 0 aromatic heterocycles. The minimum atomic E-state index is -0.470. The number of likely N-dealkylation sites (tertiary alicyclic amines) is 1. The van der Waals surface area contributed by atoms with Gasteiger partial charge in [0.25, 0.3) is 0 Å². The molecule has 0 aromatic rings.